The van der Waals surface area contributed by atoms with Crippen molar-refractivity contribution in [2.45, 2.75) is 32.2 Å². The summed E-state index contributed by atoms with van der Waals surface area (Å²) in [5, 5.41) is 2.99. The molecule has 6 heteroatoms. The van der Waals surface area contributed by atoms with Crippen LogP contribution in [-0.4, -0.2) is 55.7 Å². The van der Waals surface area contributed by atoms with Gasteiger partial charge in [-0.2, -0.15) is 0 Å². The lowest BCUT2D eigenvalue weighted by Crippen LogP contribution is -2.41. The number of piperidine rings is 1. The van der Waals surface area contributed by atoms with Crippen molar-refractivity contribution in [2.75, 3.05) is 38.7 Å². The van der Waals surface area contributed by atoms with Crippen LogP contribution in [0.4, 0.5) is 5.13 Å². The molecular formula is C14H23N3O2S. The molecule has 0 aliphatic carbocycles. The Morgan fingerprint density at radius 3 is 2.80 bits per heavy atom. The number of carbonyl (C=O) groups is 1. The first-order valence-electron chi connectivity index (χ1n) is 7.11. The Kier molecular flexibility index (Phi) is 5.37. The van der Waals surface area contributed by atoms with Gasteiger partial charge in [-0.05, 0) is 33.9 Å². The van der Waals surface area contributed by atoms with Crippen LogP contribution in [0.5, 0.6) is 0 Å². The van der Waals surface area contributed by atoms with Crippen molar-refractivity contribution in [1.82, 2.24) is 9.88 Å². The van der Waals surface area contributed by atoms with E-state index in [4.69, 9.17) is 4.74 Å². The van der Waals surface area contributed by atoms with Crippen LogP contribution in [0.2, 0.25) is 0 Å². The van der Waals surface area contributed by atoms with Crippen molar-refractivity contribution in [3.8, 4) is 0 Å². The molecular weight excluding hydrogens is 274 g/mol. The van der Waals surface area contributed by atoms with Crippen molar-refractivity contribution in [3.05, 3.63) is 11.1 Å². The number of thiazole rings is 1. The second-order valence-corrected chi connectivity index (χ2v) is 6.12. The molecule has 112 valence electrons. The fourth-order valence-electron chi connectivity index (χ4n) is 2.46. The summed E-state index contributed by atoms with van der Waals surface area (Å²) in [5.74, 6) is -0.198. The molecule has 20 heavy (non-hydrogen) atoms. The maximum Gasteiger partial charge on any atom is 0.311 e. The van der Waals surface area contributed by atoms with Crippen molar-refractivity contribution >= 4 is 22.4 Å². The van der Waals surface area contributed by atoms with Gasteiger partial charge in [0.05, 0.1) is 18.7 Å². The molecule has 0 saturated carbocycles. The highest BCUT2D eigenvalue weighted by atomic mass is 32.1. The zero-order valence-corrected chi connectivity index (χ0v) is 13.3. The van der Waals surface area contributed by atoms with Crippen molar-refractivity contribution in [3.63, 3.8) is 0 Å². The number of hydrogen-bond acceptors (Lipinski definition) is 6. The van der Waals surface area contributed by atoms with E-state index in [2.05, 4.69) is 28.9 Å². The number of ether oxygens (including phenoxy) is 1. The van der Waals surface area contributed by atoms with E-state index in [1.54, 1.807) is 11.3 Å². The van der Waals surface area contributed by atoms with E-state index in [0.29, 0.717) is 12.6 Å². The molecule has 1 aliphatic heterocycles. The van der Waals surface area contributed by atoms with Gasteiger partial charge in [-0.15, -0.1) is 11.3 Å². The fraction of sp³-hybridized carbons (Fsp3) is 0.714. The van der Waals surface area contributed by atoms with Gasteiger partial charge in [0.2, 0.25) is 0 Å². The Balaban J connectivity index is 1.88. The highest BCUT2D eigenvalue weighted by Crippen LogP contribution is 2.25. The molecule has 1 saturated heterocycles. The predicted molar refractivity (Wildman–Crippen MR) is 81.4 cm³/mol. The molecule has 1 fully saturated rings. The second kappa shape index (κ2) is 7.04. The average molecular weight is 297 g/mol. The summed E-state index contributed by atoms with van der Waals surface area (Å²) in [6.45, 7) is 4.32. The quantitative estimate of drug-likeness (QED) is 0.775. The summed E-state index contributed by atoms with van der Waals surface area (Å²) in [6, 6.07) is 0.671. The van der Waals surface area contributed by atoms with E-state index in [1.807, 2.05) is 12.3 Å². The van der Waals surface area contributed by atoms with Gasteiger partial charge in [0.1, 0.15) is 0 Å². The van der Waals surface area contributed by atoms with Gasteiger partial charge in [0, 0.05) is 24.5 Å². The van der Waals surface area contributed by atoms with E-state index < -0.39 is 0 Å². The van der Waals surface area contributed by atoms with Gasteiger partial charge < -0.3 is 14.5 Å². The summed E-state index contributed by atoms with van der Waals surface area (Å²) >= 11 is 1.62. The molecule has 2 rings (SSSR count). The summed E-state index contributed by atoms with van der Waals surface area (Å²) < 4.78 is 4.95. The standard InChI is InChI=1S/C14H23N3O2S/c1-4-19-13(18)9-11-10-20-14(15-11)17-7-5-12(6-8-17)16(2)3/h10,12H,4-9H2,1-3H3. The molecule has 0 amide bonds. The molecule has 1 aromatic rings. The van der Waals surface area contributed by atoms with E-state index in [9.17, 15) is 4.79 Å². The number of hydrogen-bond donors (Lipinski definition) is 0. The molecule has 1 aromatic heterocycles. The Hall–Kier alpha value is -1.14. The number of anilines is 1. The smallest absolute Gasteiger partial charge is 0.311 e. The highest BCUT2D eigenvalue weighted by molar-refractivity contribution is 7.13. The number of aromatic nitrogens is 1. The molecule has 5 nitrogen and oxygen atoms in total. The number of rotatable bonds is 5. The molecule has 0 unspecified atom stereocenters. The molecule has 0 spiro atoms. The Morgan fingerprint density at radius 2 is 2.20 bits per heavy atom. The SMILES string of the molecule is CCOC(=O)Cc1csc(N2CCC(N(C)C)CC2)n1. The summed E-state index contributed by atoms with van der Waals surface area (Å²) in [5.41, 5.74) is 0.818. The van der Waals surface area contributed by atoms with Crippen LogP contribution < -0.4 is 4.90 Å². The fourth-order valence-corrected chi connectivity index (χ4v) is 3.34. The van der Waals surface area contributed by atoms with Crippen LogP contribution >= 0.6 is 11.3 Å². The molecule has 1 aliphatic rings. The van der Waals surface area contributed by atoms with E-state index >= 15 is 0 Å². The van der Waals surface area contributed by atoms with Crippen LogP contribution in [0, 0.1) is 0 Å². The Bertz CT molecular complexity index is 439. The molecule has 0 aromatic carbocycles. The maximum absolute atomic E-state index is 11.4. The minimum absolute atomic E-state index is 0.198. The van der Waals surface area contributed by atoms with E-state index in [1.165, 1.54) is 12.8 Å². The van der Waals surface area contributed by atoms with Crippen molar-refractivity contribution in [2.24, 2.45) is 0 Å². The second-order valence-electron chi connectivity index (χ2n) is 5.29. The van der Waals surface area contributed by atoms with Gasteiger partial charge in [-0.3, -0.25) is 4.79 Å². The minimum atomic E-state index is -0.198. The van der Waals surface area contributed by atoms with Crippen molar-refractivity contribution in [1.29, 1.82) is 0 Å². The monoisotopic (exact) mass is 297 g/mol. The third-order valence-corrected chi connectivity index (χ3v) is 4.59. The van der Waals surface area contributed by atoms with Crippen LogP contribution in [0.25, 0.3) is 0 Å². The lowest BCUT2D eigenvalue weighted by Gasteiger charge is -2.35. The largest absolute Gasteiger partial charge is 0.466 e. The third-order valence-electron chi connectivity index (χ3n) is 3.64. The molecule has 0 N–H and O–H groups in total. The zero-order valence-electron chi connectivity index (χ0n) is 12.5. The highest BCUT2D eigenvalue weighted by Gasteiger charge is 2.22. The van der Waals surface area contributed by atoms with Gasteiger partial charge in [-0.25, -0.2) is 4.98 Å². The van der Waals surface area contributed by atoms with Crippen LogP contribution in [0.1, 0.15) is 25.5 Å². The first kappa shape index (κ1) is 15.3. The number of carbonyl (C=O) groups excluding carboxylic acids is 1. The predicted octanol–water partition coefficient (Wildman–Crippen LogP) is 1.78. The zero-order chi connectivity index (χ0) is 14.5. The third kappa shape index (κ3) is 3.93. The van der Waals surface area contributed by atoms with Crippen LogP contribution in [0.3, 0.4) is 0 Å². The lowest BCUT2D eigenvalue weighted by molar-refractivity contribution is -0.142. The van der Waals surface area contributed by atoms with Gasteiger partial charge in [0.25, 0.3) is 0 Å². The van der Waals surface area contributed by atoms with Crippen LogP contribution in [-0.2, 0) is 16.0 Å². The lowest BCUT2D eigenvalue weighted by atomic mass is 10.0. The van der Waals surface area contributed by atoms with E-state index in [0.717, 1.165) is 23.9 Å². The first-order chi connectivity index (χ1) is 9.60. The molecule has 0 radical (unpaired) electrons. The number of nitrogens with zero attached hydrogens (tertiary/aromatic N) is 3. The molecule has 0 bridgehead atoms. The summed E-state index contributed by atoms with van der Waals surface area (Å²) in [4.78, 5) is 20.6. The van der Waals surface area contributed by atoms with Gasteiger partial charge in [-0.1, -0.05) is 0 Å². The molecule has 0 atom stereocenters. The Morgan fingerprint density at radius 1 is 1.50 bits per heavy atom. The van der Waals surface area contributed by atoms with Crippen LogP contribution in [0.15, 0.2) is 5.38 Å². The van der Waals surface area contributed by atoms with Gasteiger partial charge in [0.15, 0.2) is 5.13 Å². The van der Waals surface area contributed by atoms with E-state index in [-0.39, 0.29) is 12.4 Å². The Labute approximate surface area is 124 Å². The average Bonchev–Trinajstić information content (AvgIpc) is 2.87. The van der Waals surface area contributed by atoms with Crippen molar-refractivity contribution < 1.29 is 9.53 Å². The normalized spacial score (nSPS) is 16.7. The van der Waals surface area contributed by atoms with Gasteiger partial charge >= 0.3 is 5.97 Å². The first-order valence-corrected chi connectivity index (χ1v) is 7.99. The topological polar surface area (TPSA) is 45.7 Å². The maximum atomic E-state index is 11.4. The minimum Gasteiger partial charge on any atom is -0.466 e. The molecule has 2 heterocycles. The number of esters is 1. The summed E-state index contributed by atoms with van der Waals surface area (Å²) in [6.07, 6.45) is 2.61. The summed E-state index contributed by atoms with van der Waals surface area (Å²) in [7, 11) is 4.28.